The molecular weight excluding hydrogens is 448 g/mol. The maximum Gasteiger partial charge on any atom is 0.269 e. The molecule has 4 rings (SSSR count). The number of ether oxygens (including phenoxy) is 1. The summed E-state index contributed by atoms with van der Waals surface area (Å²) in [7, 11) is -1.96. The molecule has 1 aromatic heterocycles. The highest BCUT2D eigenvalue weighted by Crippen LogP contribution is 2.37. The Bertz CT molecular complexity index is 1190. The molecule has 30 heavy (non-hydrogen) atoms. The lowest BCUT2D eigenvalue weighted by Gasteiger charge is -2.15. The molecule has 2 heterocycles. The van der Waals surface area contributed by atoms with Crippen molar-refractivity contribution in [2.45, 2.75) is 17.7 Å². The van der Waals surface area contributed by atoms with Crippen molar-refractivity contribution in [1.82, 2.24) is 14.7 Å². The van der Waals surface area contributed by atoms with Gasteiger partial charge in [0.05, 0.1) is 21.7 Å². The summed E-state index contributed by atoms with van der Waals surface area (Å²) in [6, 6.07) is 9.32. The van der Waals surface area contributed by atoms with Crippen molar-refractivity contribution in [1.29, 1.82) is 0 Å². The van der Waals surface area contributed by atoms with E-state index in [4.69, 9.17) is 16.3 Å². The number of carbonyl (C=O) groups is 1. The van der Waals surface area contributed by atoms with Crippen LogP contribution in [0.25, 0.3) is 10.2 Å². The molecular formula is C19H19ClN4O4S2. The van der Waals surface area contributed by atoms with Gasteiger partial charge in [-0.3, -0.25) is 15.6 Å². The lowest BCUT2D eigenvalue weighted by Crippen LogP contribution is -2.30. The van der Waals surface area contributed by atoms with E-state index < -0.39 is 15.9 Å². The second-order valence-electron chi connectivity index (χ2n) is 6.66. The fraction of sp³-hybridized carbons (Fsp3) is 0.263. The fourth-order valence-corrected chi connectivity index (χ4v) is 5.83. The Labute approximate surface area is 182 Å². The number of methoxy groups -OCH3 is 1. The lowest BCUT2D eigenvalue weighted by atomic mass is 10.2. The van der Waals surface area contributed by atoms with E-state index in [-0.39, 0.29) is 4.90 Å². The number of anilines is 1. The molecule has 2 aromatic carbocycles. The molecule has 0 atom stereocenters. The third-order valence-corrected chi connectivity index (χ3v) is 8.12. The molecule has 0 spiro atoms. The Morgan fingerprint density at radius 2 is 1.87 bits per heavy atom. The first kappa shape index (κ1) is 20.9. The maximum atomic E-state index is 12.6. The standard InChI is InChI=1S/C19H19ClN4O4S2/c1-28-15-9-8-14(20)17-16(15)21-19(29-17)23-22-18(25)12-4-6-13(7-5-12)30(26,27)24-10-2-3-11-24/h4-9H,2-3,10-11H2,1H3,(H,21,23)(H,22,25). The van der Waals surface area contributed by atoms with E-state index in [1.54, 1.807) is 19.2 Å². The van der Waals surface area contributed by atoms with E-state index in [0.29, 0.717) is 40.1 Å². The molecule has 3 aromatic rings. The van der Waals surface area contributed by atoms with Gasteiger partial charge in [0.15, 0.2) is 0 Å². The first-order valence-corrected chi connectivity index (χ1v) is 11.8. The quantitative estimate of drug-likeness (QED) is 0.539. The molecule has 0 radical (unpaired) electrons. The zero-order valence-corrected chi connectivity index (χ0v) is 18.4. The molecule has 158 valence electrons. The van der Waals surface area contributed by atoms with Gasteiger partial charge in [0.2, 0.25) is 15.2 Å². The first-order valence-electron chi connectivity index (χ1n) is 9.20. The summed E-state index contributed by atoms with van der Waals surface area (Å²) in [4.78, 5) is 17.0. The average Bonchev–Trinajstić information content (AvgIpc) is 3.43. The molecule has 1 aliphatic rings. The van der Waals surface area contributed by atoms with E-state index in [1.165, 1.54) is 39.9 Å². The molecule has 0 aliphatic carbocycles. The van der Waals surface area contributed by atoms with Crippen molar-refractivity contribution in [2.24, 2.45) is 0 Å². The molecule has 0 saturated carbocycles. The van der Waals surface area contributed by atoms with Gasteiger partial charge in [-0.25, -0.2) is 13.4 Å². The number of halogens is 1. The van der Waals surface area contributed by atoms with Crippen LogP contribution in [0.4, 0.5) is 5.13 Å². The number of hydrogen-bond donors (Lipinski definition) is 2. The van der Waals surface area contributed by atoms with Gasteiger partial charge in [-0.05, 0) is 49.2 Å². The highest BCUT2D eigenvalue weighted by atomic mass is 35.5. The zero-order chi connectivity index (χ0) is 21.3. The number of sulfonamides is 1. The smallest absolute Gasteiger partial charge is 0.269 e. The molecule has 1 saturated heterocycles. The predicted octanol–water partition coefficient (Wildman–Crippen LogP) is 3.50. The monoisotopic (exact) mass is 466 g/mol. The number of aromatic nitrogens is 1. The second-order valence-corrected chi connectivity index (χ2v) is 10.0. The van der Waals surface area contributed by atoms with Gasteiger partial charge in [0.25, 0.3) is 5.91 Å². The minimum absolute atomic E-state index is 0.182. The van der Waals surface area contributed by atoms with Crippen molar-refractivity contribution in [3.8, 4) is 5.75 Å². The van der Waals surface area contributed by atoms with Gasteiger partial charge in [0, 0.05) is 18.7 Å². The minimum Gasteiger partial charge on any atom is -0.494 e. The number of fused-ring (bicyclic) bond motifs is 1. The Hall–Kier alpha value is -2.40. The molecule has 11 heteroatoms. The van der Waals surface area contributed by atoms with Crippen molar-refractivity contribution < 1.29 is 17.9 Å². The van der Waals surface area contributed by atoms with Gasteiger partial charge in [0.1, 0.15) is 11.3 Å². The summed E-state index contributed by atoms with van der Waals surface area (Å²) in [6.07, 6.45) is 1.74. The van der Waals surface area contributed by atoms with Gasteiger partial charge in [-0.15, -0.1) is 0 Å². The summed E-state index contributed by atoms with van der Waals surface area (Å²) in [5, 5.41) is 0.982. The van der Waals surface area contributed by atoms with Crippen LogP contribution in [0.2, 0.25) is 5.02 Å². The number of nitrogens with one attached hydrogen (secondary N) is 2. The van der Waals surface area contributed by atoms with E-state index >= 15 is 0 Å². The molecule has 1 fully saturated rings. The van der Waals surface area contributed by atoms with Crippen LogP contribution in [-0.2, 0) is 10.0 Å². The summed E-state index contributed by atoms with van der Waals surface area (Å²) in [5.41, 5.74) is 6.25. The molecule has 2 N–H and O–H groups in total. The number of benzene rings is 2. The van der Waals surface area contributed by atoms with Crippen molar-refractivity contribution in [3.05, 3.63) is 47.0 Å². The molecule has 0 unspecified atom stereocenters. The number of rotatable bonds is 6. The van der Waals surface area contributed by atoms with Crippen LogP contribution in [0.1, 0.15) is 23.2 Å². The number of hydrogen-bond acceptors (Lipinski definition) is 7. The zero-order valence-electron chi connectivity index (χ0n) is 16.0. The minimum atomic E-state index is -3.51. The predicted molar refractivity (Wildman–Crippen MR) is 117 cm³/mol. The SMILES string of the molecule is COc1ccc(Cl)c2sc(NNC(=O)c3ccc(S(=O)(=O)N4CCCC4)cc3)nc12. The summed E-state index contributed by atoms with van der Waals surface area (Å²) in [6.45, 7) is 1.07. The molecule has 8 nitrogen and oxygen atoms in total. The summed E-state index contributed by atoms with van der Waals surface area (Å²) >= 11 is 7.48. The maximum absolute atomic E-state index is 12.6. The topological polar surface area (TPSA) is 101 Å². The Morgan fingerprint density at radius 3 is 2.53 bits per heavy atom. The van der Waals surface area contributed by atoms with Gasteiger partial charge in [-0.2, -0.15) is 4.31 Å². The Balaban J connectivity index is 1.46. The Morgan fingerprint density at radius 1 is 1.17 bits per heavy atom. The van der Waals surface area contributed by atoms with Crippen LogP contribution in [0.5, 0.6) is 5.75 Å². The highest BCUT2D eigenvalue weighted by molar-refractivity contribution is 7.89. The van der Waals surface area contributed by atoms with Gasteiger partial charge >= 0.3 is 0 Å². The first-order chi connectivity index (χ1) is 14.4. The summed E-state index contributed by atoms with van der Waals surface area (Å²) < 4.78 is 32.6. The largest absolute Gasteiger partial charge is 0.494 e. The molecule has 1 aliphatic heterocycles. The van der Waals surface area contributed by atoms with E-state index in [0.717, 1.165) is 17.5 Å². The van der Waals surface area contributed by atoms with Crippen LogP contribution < -0.4 is 15.6 Å². The van der Waals surface area contributed by atoms with Crippen molar-refractivity contribution in [3.63, 3.8) is 0 Å². The Kier molecular flexibility index (Phi) is 5.83. The molecule has 1 amide bonds. The van der Waals surface area contributed by atoms with Crippen molar-refractivity contribution >= 4 is 54.2 Å². The van der Waals surface area contributed by atoms with Crippen molar-refractivity contribution in [2.75, 3.05) is 25.6 Å². The van der Waals surface area contributed by atoms with Crippen LogP contribution >= 0.6 is 22.9 Å². The van der Waals surface area contributed by atoms with Crippen LogP contribution in [0.3, 0.4) is 0 Å². The van der Waals surface area contributed by atoms with Crippen LogP contribution in [-0.4, -0.2) is 43.8 Å². The van der Waals surface area contributed by atoms with E-state index in [1.807, 2.05) is 0 Å². The van der Waals surface area contributed by atoms with Gasteiger partial charge in [-0.1, -0.05) is 22.9 Å². The highest BCUT2D eigenvalue weighted by Gasteiger charge is 2.27. The number of amides is 1. The number of hydrazine groups is 1. The average molecular weight is 467 g/mol. The van der Waals surface area contributed by atoms with E-state index in [2.05, 4.69) is 15.8 Å². The number of thiazole rings is 1. The van der Waals surface area contributed by atoms with Crippen LogP contribution in [0.15, 0.2) is 41.3 Å². The van der Waals surface area contributed by atoms with Crippen LogP contribution in [0, 0.1) is 0 Å². The number of nitrogens with zero attached hydrogens (tertiary/aromatic N) is 2. The molecule has 0 bridgehead atoms. The third kappa shape index (κ3) is 3.95. The second kappa shape index (κ2) is 8.38. The fourth-order valence-electron chi connectivity index (χ4n) is 3.21. The lowest BCUT2D eigenvalue weighted by molar-refractivity contribution is 0.0962. The normalized spacial score (nSPS) is 14.7. The summed E-state index contributed by atoms with van der Waals surface area (Å²) in [5.74, 6) is 0.164. The number of carbonyl (C=O) groups excluding carboxylic acids is 1. The van der Waals surface area contributed by atoms with Gasteiger partial charge < -0.3 is 4.74 Å². The van der Waals surface area contributed by atoms with E-state index in [9.17, 15) is 13.2 Å². The third-order valence-electron chi connectivity index (χ3n) is 4.78.